The highest BCUT2D eigenvalue weighted by atomic mass is 14.8. The minimum atomic E-state index is -0.0552. The van der Waals surface area contributed by atoms with E-state index in [1.54, 1.807) is 0 Å². The van der Waals surface area contributed by atoms with Crippen LogP contribution in [0.4, 0.5) is 0 Å². The summed E-state index contributed by atoms with van der Waals surface area (Å²) in [6.45, 7) is 4.68. The van der Waals surface area contributed by atoms with Crippen LogP contribution in [-0.4, -0.2) is 11.5 Å². The zero-order valence-corrected chi connectivity index (χ0v) is 34.3. The fourth-order valence-electron chi connectivity index (χ4n) is 8.99. The van der Waals surface area contributed by atoms with Crippen LogP contribution in [0, 0.1) is 5.41 Å². The molecular weight excluding hydrogens is 737 g/mol. The van der Waals surface area contributed by atoms with E-state index in [0.29, 0.717) is 5.71 Å². The summed E-state index contributed by atoms with van der Waals surface area (Å²) in [5.74, 6) is 0.211. The topological polar surface area (TPSA) is 36.2 Å². The Balaban J connectivity index is 1.05. The van der Waals surface area contributed by atoms with E-state index in [1.807, 2.05) is 42.5 Å². The lowest BCUT2D eigenvalue weighted by Crippen LogP contribution is -2.14. The Labute approximate surface area is 358 Å². The van der Waals surface area contributed by atoms with Crippen molar-refractivity contribution in [3.8, 4) is 55.6 Å². The van der Waals surface area contributed by atoms with Gasteiger partial charge in [-0.3, -0.25) is 5.41 Å². The molecular formula is C59H44N2. The summed E-state index contributed by atoms with van der Waals surface area (Å²) in [4.78, 5) is 5.04. The van der Waals surface area contributed by atoms with Gasteiger partial charge in [0.1, 0.15) is 0 Å². The number of hydrogen-bond acceptors (Lipinski definition) is 1. The van der Waals surface area contributed by atoms with Crippen molar-refractivity contribution in [2.75, 3.05) is 0 Å². The van der Waals surface area contributed by atoms with Crippen LogP contribution < -0.4 is 0 Å². The maximum atomic E-state index is 9.13. The number of aliphatic imine (C=N–C) groups is 1. The normalized spacial score (nSPS) is 13.0. The van der Waals surface area contributed by atoms with Crippen molar-refractivity contribution in [2.24, 2.45) is 4.99 Å². The number of nitrogens with zero attached hydrogens (tertiary/aromatic N) is 1. The number of amidine groups is 1. The number of fused-ring (bicyclic) bond motifs is 4. The smallest absolute Gasteiger partial charge is 0.152 e. The molecule has 0 unspecified atom stereocenters. The highest BCUT2D eigenvalue weighted by Crippen LogP contribution is 2.49. The van der Waals surface area contributed by atoms with Crippen LogP contribution in [0.25, 0.3) is 72.5 Å². The Morgan fingerprint density at radius 3 is 1.67 bits per heavy atom. The molecule has 2 nitrogen and oxygen atoms in total. The summed E-state index contributed by atoms with van der Waals surface area (Å²) < 4.78 is 0. The standard InChI is InChI=1S/C59H44N2/c1-59(2)55-28-15-14-27-53(55)54-33-30-45(39-56(54)59)44-23-16-24-46(35-44)51-32-29-42(50-25-12-13-26-52(50)51)31-34-57(61-58(60)43-21-10-5-11-22-43)49-37-47(40-17-6-3-7-18-40)36-48(38-49)41-19-8-4-9-20-41/h3-39,60H,1-2H3/b34-31+,60-58?,61-57?. The third-order valence-corrected chi connectivity index (χ3v) is 12.2. The number of rotatable bonds is 8. The van der Waals surface area contributed by atoms with Crippen molar-refractivity contribution in [3.63, 3.8) is 0 Å². The molecule has 9 aromatic carbocycles. The molecule has 0 amide bonds. The average Bonchev–Trinajstić information content (AvgIpc) is 3.56. The van der Waals surface area contributed by atoms with E-state index < -0.39 is 0 Å². The first-order valence-electron chi connectivity index (χ1n) is 20.9. The molecule has 0 heterocycles. The molecule has 0 aromatic heterocycles. The molecule has 0 saturated carbocycles. The van der Waals surface area contributed by atoms with E-state index in [1.165, 1.54) is 49.9 Å². The summed E-state index contributed by atoms with van der Waals surface area (Å²) in [6, 6.07) is 75.2. The van der Waals surface area contributed by atoms with Gasteiger partial charge in [0, 0.05) is 16.5 Å². The SMILES string of the molecule is CC1(C)c2ccccc2-c2ccc(-c3cccc(-c4ccc(/C=C/C(=NC(=N)c5ccccc5)c5cc(-c6ccccc6)cc(-c6ccccc6)c5)c5ccccc45)c3)cc21. The highest BCUT2D eigenvalue weighted by molar-refractivity contribution is 6.19. The zero-order valence-electron chi connectivity index (χ0n) is 34.3. The lowest BCUT2D eigenvalue weighted by atomic mass is 9.81. The maximum absolute atomic E-state index is 9.13. The molecule has 61 heavy (non-hydrogen) atoms. The molecule has 0 spiro atoms. The molecule has 9 aromatic rings. The van der Waals surface area contributed by atoms with Crippen LogP contribution in [-0.2, 0) is 5.41 Å². The Morgan fingerprint density at radius 2 is 0.951 bits per heavy atom. The van der Waals surface area contributed by atoms with Crippen molar-refractivity contribution < 1.29 is 0 Å². The van der Waals surface area contributed by atoms with Crippen LogP contribution in [0.5, 0.6) is 0 Å². The van der Waals surface area contributed by atoms with Gasteiger partial charge >= 0.3 is 0 Å². The molecule has 1 aliphatic rings. The summed E-state index contributed by atoms with van der Waals surface area (Å²) in [5.41, 5.74) is 18.1. The molecule has 0 aliphatic heterocycles. The summed E-state index contributed by atoms with van der Waals surface area (Å²) >= 11 is 0. The van der Waals surface area contributed by atoms with Gasteiger partial charge < -0.3 is 0 Å². The largest absolute Gasteiger partial charge is 0.282 e. The Morgan fingerprint density at radius 1 is 0.410 bits per heavy atom. The van der Waals surface area contributed by atoms with E-state index in [0.717, 1.165) is 44.3 Å². The second-order valence-electron chi connectivity index (χ2n) is 16.3. The summed E-state index contributed by atoms with van der Waals surface area (Å²) in [5, 5.41) is 11.5. The van der Waals surface area contributed by atoms with Gasteiger partial charge in [-0.15, -0.1) is 0 Å². The minimum Gasteiger partial charge on any atom is -0.282 e. The third kappa shape index (κ3) is 7.23. The first-order valence-corrected chi connectivity index (χ1v) is 20.9. The highest BCUT2D eigenvalue weighted by Gasteiger charge is 2.35. The third-order valence-electron chi connectivity index (χ3n) is 12.2. The van der Waals surface area contributed by atoms with E-state index in [2.05, 4.69) is 196 Å². The second kappa shape index (κ2) is 15.8. The lowest BCUT2D eigenvalue weighted by molar-refractivity contribution is 0.660. The number of allylic oxidation sites excluding steroid dienone is 1. The van der Waals surface area contributed by atoms with Crippen molar-refractivity contribution in [2.45, 2.75) is 19.3 Å². The molecule has 0 radical (unpaired) electrons. The van der Waals surface area contributed by atoms with Crippen LogP contribution in [0.3, 0.4) is 0 Å². The molecule has 0 fully saturated rings. The molecule has 10 rings (SSSR count). The predicted octanol–water partition coefficient (Wildman–Crippen LogP) is 15.3. The summed E-state index contributed by atoms with van der Waals surface area (Å²) in [6.07, 6.45) is 4.23. The summed E-state index contributed by atoms with van der Waals surface area (Å²) in [7, 11) is 0. The molecule has 1 N–H and O–H groups in total. The van der Waals surface area contributed by atoms with E-state index >= 15 is 0 Å². The fraction of sp³-hybridized carbons (Fsp3) is 0.0508. The number of nitrogens with one attached hydrogen (secondary N) is 1. The van der Waals surface area contributed by atoms with Crippen molar-refractivity contribution in [1.82, 2.24) is 0 Å². The van der Waals surface area contributed by atoms with E-state index in [4.69, 9.17) is 10.4 Å². The van der Waals surface area contributed by atoms with E-state index in [9.17, 15) is 0 Å². The van der Waals surface area contributed by atoms with Gasteiger partial charge in [0.15, 0.2) is 5.84 Å². The van der Waals surface area contributed by atoms with Gasteiger partial charge in [0.25, 0.3) is 0 Å². The number of benzene rings is 9. The average molecular weight is 781 g/mol. The quantitative estimate of drug-likeness (QED) is 0.118. The van der Waals surface area contributed by atoms with Gasteiger partial charge in [-0.05, 0) is 120 Å². The monoisotopic (exact) mass is 780 g/mol. The molecule has 0 atom stereocenters. The Bertz CT molecular complexity index is 3100. The fourth-order valence-corrected chi connectivity index (χ4v) is 8.99. The van der Waals surface area contributed by atoms with Crippen LogP contribution >= 0.6 is 0 Å². The predicted molar refractivity (Wildman–Crippen MR) is 259 cm³/mol. The Kier molecular flexibility index (Phi) is 9.75. The number of hydrogen-bond donors (Lipinski definition) is 1. The van der Waals surface area contributed by atoms with Gasteiger partial charge in [-0.25, -0.2) is 4.99 Å². The molecule has 2 heteroatoms. The Hall–Kier alpha value is -7.68. The van der Waals surface area contributed by atoms with Crippen molar-refractivity contribution in [1.29, 1.82) is 5.41 Å². The second-order valence-corrected chi connectivity index (χ2v) is 16.3. The van der Waals surface area contributed by atoms with Gasteiger partial charge in [-0.1, -0.05) is 202 Å². The zero-order chi connectivity index (χ0) is 41.3. The molecule has 0 saturated heterocycles. The van der Waals surface area contributed by atoms with Crippen LogP contribution in [0.15, 0.2) is 223 Å². The first-order chi connectivity index (χ1) is 29.9. The van der Waals surface area contributed by atoms with Gasteiger partial charge in [0.2, 0.25) is 0 Å². The van der Waals surface area contributed by atoms with Crippen LogP contribution in [0.1, 0.15) is 41.7 Å². The van der Waals surface area contributed by atoms with E-state index in [-0.39, 0.29) is 11.3 Å². The van der Waals surface area contributed by atoms with Gasteiger partial charge in [-0.2, -0.15) is 0 Å². The lowest BCUT2D eigenvalue weighted by Gasteiger charge is -2.22. The minimum absolute atomic E-state index is 0.0552. The van der Waals surface area contributed by atoms with Crippen LogP contribution in [0.2, 0.25) is 0 Å². The maximum Gasteiger partial charge on any atom is 0.152 e. The molecule has 1 aliphatic carbocycles. The van der Waals surface area contributed by atoms with Gasteiger partial charge in [0.05, 0.1) is 5.71 Å². The van der Waals surface area contributed by atoms with Crippen molar-refractivity contribution >= 4 is 28.4 Å². The molecule has 290 valence electrons. The first kappa shape index (κ1) is 37.6. The molecule has 0 bridgehead atoms. The van der Waals surface area contributed by atoms with Crippen molar-refractivity contribution in [3.05, 3.63) is 246 Å².